The van der Waals surface area contributed by atoms with Gasteiger partial charge in [0.15, 0.2) is 4.80 Å². The molecule has 1 aliphatic heterocycles. The zero-order valence-corrected chi connectivity index (χ0v) is 15.7. The summed E-state index contributed by atoms with van der Waals surface area (Å²) in [6.45, 7) is 10.3. The number of carbonyl (C=O) groups excluding carboxylic acids is 1. The smallest absolute Gasteiger partial charge is 0.323 e. The van der Waals surface area contributed by atoms with Gasteiger partial charge in [0.05, 0.1) is 0 Å². The molecule has 3 rings (SSSR count). The van der Waals surface area contributed by atoms with Crippen molar-refractivity contribution >= 4 is 17.4 Å². The van der Waals surface area contributed by atoms with E-state index in [0.717, 1.165) is 41.3 Å². The molecule has 1 aromatic heterocycles. The number of hydrogen-bond acceptors (Lipinski definition) is 2. The van der Waals surface area contributed by atoms with Crippen molar-refractivity contribution < 1.29 is 4.79 Å². The first-order valence-corrected chi connectivity index (χ1v) is 9.30. The third-order valence-electron chi connectivity index (χ3n) is 4.35. The summed E-state index contributed by atoms with van der Waals surface area (Å²) in [5.41, 5.74) is 2.47. The van der Waals surface area contributed by atoms with E-state index in [0.29, 0.717) is 0 Å². The topological polar surface area (TPSA) is 37.6 Å². The molecule has 128 valence electrons. The molecule has 1 fully saturated rings. The Morgan fingerprint density at radius 2 is 1.75 bits per heavy atom. The van der Waals surface area contributed by atoms with Crippen molar-refractivity contribution in [2.45, 2.75) is 46.0 Å². The molecule has 1 aromatic carbocycles. The SMILES string of the molecule is Cc1cn(-c2ccc(C(C)(C)C)cc2)c(=NC(=O)N2CCCC2)s1. The van der Waals surface area contributed by atoms with E-state index < -0.39 is 0 Å². The molecular weight excluding hydrogens is 318 g/mol. The van der Waals surface area contributed by atoms with E-state index in [1.165, 1.54) is 5.56 Å². The lowest BCUT2D eigenvalue weighted by Crippen LogP contribution is -2.27. The summed E-state index contributed by atoms with van der Waals surface area (Å²) in [5, 5.41) is 0. The number of nitrogens with zero attached hydrogens (tertiary/aromatic N) is 3. The van der Waals surface area contributed by atoms with Crippen LogP contribution in [0.25, 0.3) is 5.69 Å². The average Bonchev–Trinajstić information content (AvgIpc) is 3.16. The summed E-state index contributed by atoms with van der Waals surface area (Å²) >= 11 is 1.55. The van der Waals surface area contributed by atoms with E-state index in [4.69, 9.17) is 0 Å². The third-order valence-corrected chi connectivity index (χ3v) is 5.25. The Hall–Kier alpha value is -1.88. The van der Waals surface area contributed by atoms with E-state index in [1.807, 2.05) is 22.6 Å². The highest BCUT2D eigenvalue weighted by Crippen LogP contribution is 2.23. The molecule has 1 aliphatic rings. The molecule has 0 unspecified atom stereocenters. The van der Waals surface area contributed by atoms with Crippen LogP contribution < -0.4 is 4.80 Å². The van der Waals surface area contributed by atoms with E-state index >= 15 is 0 Å². The van der Waals surface area contributed by atoms with Gasteiger partial charge in [-0.2, -0.15) is 4.99 Å². The van der Waals surface area contributed by atoms with Crippen LogP contribution in [0.3, 0.4) is 0 Å². The molecule has 2 heterocycles. The van der Waals surface area contributed by atoms with Gasteiger partial charge in [-0.1, -0.05) is 32.9 Å². The van der Waals surface area contributed by atoms with Gasteiger partial charge in [-0.05, 0) is 42.9 Å². The summed E-state index contributed by atoms with van der Waals surface area (Å²) in [6.07, 6.45) is 4.21. The van der Waals surface area contributed by atoms with Crippen molar-refractivity contribution in [2.24, 2.45) is 4.99 Å². The number of urea groups is 1. The number of carbonyl (C=O) groups is 1. The standard InChI is InChI=1S/C19H25N3OS/c1-14-13-22(16-9-7-15(8-10-16)19(2,3)4)18(24-14)20-17(23)21-11-5-6-12-21/h7-10,13H,5-6,11-12H2,1-4H3. The fourth-order valence-electron chi connectivity index (χ4n) is 2.90. The summed E-state index contributed by atoms with van der Waals surface area (Å²) in [5.74, 6) is 0. The second-order valence-corrected chi connectivity index (χ2v) is 8.59. The van der Waals surface area contributed by atoms with Crippen LogP contribution >= 0.6 is 11.3 Å². The van der Waals surface area contributed by atoms with Crippen LogP contribution in [-0.2, 0) is 5.41 Å². The number of amides is 2. The maximum Gasteiger partial charge on any atom is 0.346 e. The van der Waals surface area contributed by atoms with Gasteiger partial charge in [0.25, 0.3) is 0 Å². The highest BCUT2D eigenvalue weighted by Gasteiger charge is 2.18. The van der Waals surface area contributed by atoms with Gasteiger partial charge in [0.1, 0.15) is 0 Å². The Kier molecular flexibility index (Phi) is 4.63. The summed E-state index contributed by atoms with van der Waals surface area (Å²) in [7, 11) is 0. The Morgan fingerprint density at radius 1 is 1.12 bits per heavy atom. The zero-order chi connectivity index (χ0) is 17.3. The van der Waals surface area contributed by atoms with Gasteiger partial charge in [0, 0.05) is 29.9 Å². The van der Waals surface area contributed by atoms with Crippen LogP contribution in [0.2, 0.25) is 0 Å². The van der Waals surface area contributed by atoms with Crippen molar-refractivity contribution in [3.05, 3.63) is 45.7 Å². The second-order valence-electron chi connectivity index (χ2n) is 7.38. The maximum atomic E-state index is 12.3. The normalized spacial score (nSPS) is 16.0. The molecule has 2 amide bonds. The molecular formula is C19H25N3OS. The number of rotatable bonds is 1. The Bertz CT molecular complexity index is 787. The number of aromatic nitrogens is 1. The number of benzene rings is 1. The van der Waals surface area contributed by atoms with Crippen LogP contribution in [0, 0.1) is 6.92 Å². The first-order valence-electron chi connectivity index (χ1n) is 8.48. The van der Waals surface area contributed by atoms with Gasteiger partial charge < -0.3 is 4.90 Å². The molecule has 0 bridgehead atoms. The first kappa shape index (κ1) is 17.0. The average molecular weight is 343 g/mol. The Balaban J connectivity index is 1.95. The third kappa shape index (κ3) is 3.61. The fourth-order valence-corrected chi connectivity index (χ4v) is 3.73. The lowest BCUT2D eigenvalue weighted by Gasteiger charge is -2.19. The minimum absolute atomic E-state index is 0.116. The first-order chi connectivity index (χ1) is 11.3. The van der Waals surface area contributed by atoms with Crippen molar-refractivity contribution in [1.29, 1.82) is 0 Å². The van der Waals surface area contributed by atoms with Gasteiger partial charge >= 0.3 is 6.03 Å². The molecule has 0 radical (unpaired) electrons. The number of likely N-dealkylation sites (tertiary alicyclic amines) is 1. The van der Waals surface area contributed by atoms with Crippen LogP contribution in [-0.4, -0.2) is 28.6 Å². The van der Waals surface area contributed by atoms with Gasteiger partial charge in [0.2, 0.25) is 0 Å². The number of thiazole rings is 1. The fraction of sp³-hybridized carbons (Fsp3) is 0.474. The van der Waals surface area contributed by atoms with E-state index in [1.54, 1.807) is 11.3 Å². The minimum atomic E-state index is -0.116. The van der Waals surface area contributed by atoms with Crippen molar-refractivity contribution in [3.63, 3.8) is 0 Å². The molecule has 0 aliphatic carbocycles. The van der Waals surface area contributed by atoms with Crippen LogP contribution in [0.4, 0.5) is 4.79 Å². The van der Waals surface area contributed by atoms with Crippen LogP contribution in [0.1, 0.15) is 44.1 Å². The molecule has 5 heteroatoms. The second kappa shape index (κ2) is 6.55. The number of hydrogen-bond donors (Lipinski definition) is 0. The van der Waals surface area contributed by atoms with Crippen LogP contribution in [0.5, 0.6) is 0 Å². The highest BCUT2D eigenvalue weighted by atomic mass is 32.1. The molecule has 1 saturated heterocycles. The lowest BCUT2D eigenvalue weighted by atomic mass is 9.87. The molecule has 2 aromatic rings. The molecule has 0 N–H and O–H groups in total. The van der Waals surface area contributed by atoms with Gasteiger partial charge in [-0.3, -0.25) is 4.57 Å². The van der Waals surface area contributed by atoms with Gasteiger partial charge in [-0.15, -0.1) is 11.3 Å². The summed E-state index contributed by atoms with van der Waals surface area (Å²) < 4.78 is 2.01. The van der Waals surface area contributed by atoms with Crippen molar-refractivity contribution in [3.8, 4) is 5.69 Å². The quantitative estimate of drug-likeness (QED) is 0.762. The largest absolute Gasteiger partial charge is 0.346 e. The molecule has 0 spiro atoms. The maximum absolute atomic E-state index is 12.3. The molecule has 0 saturated carbocycles. The summed E-state index contributed by atoms with van der Waals surface area (Å²) in [4.78, 5) is 20.4. The van der Waals surface area contributed by atoms with E-state index in [2.05, 4.69) is 50.0 Å². The van der Waals surface area contributed by atoms with Gasteiger partial charge in [-0.25, -0.2) is 4.79 Å². The monoisotopic (exact) mass is 343 g/mol. The predicted octanol–water partition coefficient (Wildman–Crippen LogP) is 4.26. The predicted molar refractivity (Wildman–Crippen MR) is 98.8 cm³/mol. The lowest BCUT2D eigenvalue weighted by molar-refractivity contribution is 0.218. The minimum Gasteiger partial charge on any atom is -0.323 e. The van der Waals surface area contributed by atoms with Crippen molar-refractivity contribution in [1.82, 2.24) is 9.47 Å². The molecule has 4 nitrogen and oxygen atoms in total. The molecule has 0 atom stereocenters. The summed E-state index contributed by atoms with van der Waals surface area (Å²) in [6, 6.07) is 8.40. The highest BCUT2D eigenvalue weighted by molar-refractivity contribution is 7.09. The molecule has 24 heavy (non-hydrogen) atoms. The van der Waals surface area contributed by atoms with E-state index in [9.17, 15) is 4.79 Å². The Morgan fingerprint density at radius 3 is 2.33 bits per heavy atom. The zero-order valence-electron chi connectivity index (χ0n) is 14.9. The van der Waals surface area contributed by atoms with Crippen LogP contribution in [0.15, 0.2) is 35.5 Å². The Labute approximate surface area is 147 Å². The van der Waals surface area contributed by atoms with E-state index in [-0.39, 0.29) is 11.4 Å². The number of aryl methyl sites for hydroxylation is 1. The van der Waals surface area contributed by atoms with Crippen molar-refractivity contribution in [2.75, 3.05) is 13.1 Å².